The maximum Gasteiger partial charge on any atom is 0.138 e. The van der Waals surface area contributed by atoms with Gasteiger partial charge in [-0.25, -0.2) is 4.39 Å². The maximum absolute atomic E-state index is 12.9. The van der Waals surface area contributed by atoms with Crippen LogP contribution in [0.4, 0.5) is 4.39 Å². The molecule has 1 N–H and O–H groups in total. The van der Waals surface area contributed by atoms with Crippen LogP contribution in [-0.2, 0) is 0 Å². The normalized spacial score (nSPS) is 31.5. The summed E-state index contributed by atoms with van der Waals surface area (Å²) in [5.41, 5.74) is 0. The molecule has 1 aliphatic heterocycles. The van der Waals surface area contributed by atoms with Crippen LogP contribution in [-0.4, -0.2) is 19.2 Å². The van der Waals surface area contributed by atoms with Crippen LogP contribution in [0.15, 0.2) is 18.2 Å². The van der Waals surface area contributed by atoms with Crippen molar-refractivity contribution in [1.82, 2.24) is 5.32 Å². The molecule has 1 saturated carbocycles. The van der Waals surface area contributed by atoms with Crippen molar-refractivity contribution < 1.29 is 9.13 Å². The lowest BCUT2D eigenvalue weighted by Crippen LogP contribution is -2.18. The third kappa shape index (κ3) is 2.26. The van der Waals surface area contributed by atoms with Crippen molar-refractivity contribution in [3.8, 4) is 5.75 Å². The Hall–Kier alpha value is -0.800. The highest BCUT2D eigenvalue weighted by molar-refractivity contribution is 6.32. The Labute approximate surface area is 105 Å². The first-order valence-electron chi connectivity index (χ1n) is 6.05. The van der Waals surface area contributed by atoms with Gasteiger partial charge in [0.05, 0.1) is 11.1 Å². The number of hydrogen-bond donors (Lipinski definition) is 1. The van der Waals surface area contributed by atoms with Gasteiger partial charge in [-0.3, -0.25) is 0 Å². The zero-order valence-corrected chi connectivity index (χ0v) is 10.2. The van der Waals surface area contributed by atoms with Gasteiger partial charge in [0.25, 0.3) is 0 Å². The highest BCUT2D eigenvalue weighted by Crippen LogP contribution is 2.37. The molecule has 1 saturated heterocycles. The van der Waals surface area contributed by atoms with E-state index >= 15 is 0 Å². The standard InChI is InChI=1S/C13H15ClFNO/c14-12-5-10(15)1-2-13(12)17-11-3-8-6-16-7-9(8)4-11/h1-2,5,8-9,11,16H,3-4,6-7H2/t8-,9+,11?. The van der Waals surface area contributed by atoms with E-state index in [1.54, 1.807) is 6.07 Å². The molecule has 2 nitrogen and oxygen atoms in total. The quantitative estimate of drug-likeness (QED) is 0.878. The predicted molar refractivity (Wildman–Crippen MR) is 64.9 cm³/mol. The van der Waals surface area contributed by atoms with Crippen molar-refractivity contribution >= 4 is 11.6 Å². The van der Waals surface area contributed by atoms with Crippen LogP contribution in [0.5, 0.6) is 5.75 Å². The third-order valence-corrected chi connectivity index (χ3v) is 4.09. The van der Waals surface area contributed by atoms with Crippen LogP contribution in [0.3, 0.4) is 0 Å². The number of benzene rings is 1. The average molecular weight is 256 g/mol. The zero-order chi connectivity index (χ0) is 11.8. The van der Waals surface area contributed by atoms with E-state index in [2.05, 4.69) is 5.32 Å². The van der Waals surface area contributed by atoms with Crippen molar-refractivity contribution in [2.75, 3.05) is 13.1 Å². The van der Waals surface area contributed by atoms with Gasteiger partial charge in [0, 0.05) is 0 Å². The second-order valence-electron chi connectivity index (χ2n) is 4.96. The molecule has 0 radical (unpaired) electrons. The Kier molecular flexibility index (Phi) is 2.97. The molecule has 0 amide bonds. The van der Waals surface area contributed by atoms with E-state index < -0.39 is 0 Å². The number of ether oxygens (including phenoxy) is 1. The maximum atomic E-state index is 12.9. The molecule has 92 valence electrons. The summed E-state index contributed by atoms with van der Waals surface area (Å²) >= 11 is 5.95. The smallest absolute Gasteiger partial charge is 0.138 e. The second kappa shape index (κ2) is 4.46. The van der Waals surface area contributed by atoms with Crippen LogP contribution >= 0.6 is 11.6 Å². The van der Waals surface area contributed by atoms with E-state index in [9.17, 15) is 4.39 Å². The van der Waals surface area contributed by atoms with E-state index in [4.69, 9.17) is 16.3 Å². The fourth-order valence-corrected chi connectivity index (χ4v) is 3.17. The summed E-state index contributed by atoms with van der Waals surface area (Å²) in [6.45, 7) is 2.20. The molecule has 0 aromatic heterocycles. The molecule has 17 heavy (non-hydrogen) atoms. The SMILES string of the molecule is Fc1ccc(OC2C[C@H]3CNC[C@H]3C2)c(Cl)c1. The van der Waals surface area contributed by atoms with Gasteiger partial charge in [0.2, 0.25) is 0 Å². The van der Waals surface area contributed by atoms with Crippen molar-refractivity contribution in [3.63, 3.8) is 0 Å². The van der Waals surface area contributed by atoms with E-state index in [0.717, 1.165) is 37.8 Å². The molecular formula is C13H15ClFNO. The van der Waals surface area contributed by atoms with E-state index in [1.807, 2.05) is 0 Å². The van der Waals surface area contributed by atoms with Crippen molar-refractivity contribution in [2.45, 2.75) is 18.9 Å². The Balaban J connectivity index is 1.67. The number of nitrogens with one attached hydrogen (secondary N) is 1. The molecule has 0 bridgehead atoms. The molecule has 1 aromatic rings. The minimum Gasteiger partial charge on any atom is -0.489 e. The van der Waals surface area contributed by atoms with Crippen molar-refractivity contribution in [2.24, 2.45) is 11.8 Å². The van der Waals surface area contributed by atoms with Gasteiger partial charge in [0.1, 0.15) is 11.6 Å². The van der Waals surface area contributed by atoms with Crippen LogP contribution in [0.2, 0.25) is 5.02 Å². The summed E-state index contributed by atoms with van der Waals surface area (Å²) in [6, 6.07) is 4.30. The number of halogens is 2. The molecule has 0 spiro atoms. The summed E-state index contributed by atoms with van der Waals surface area (Å²) in [7, 11) is 0. The molecule has 3 rings (SSSR count). The first kappa shape index (κ1) is 11.3. The Bertz CT molecular complexity index is 414. The first-order chi connectivity index (χ1) is 8.22. The summed E-state index contributed by atoms with van der Waals surface area (Å²) in [5, 5.41) is 3.76. The number of hydrogen-bond acceptors (Lipinski definition) is 2. The molecule has 2 aliphatic rings. The average Bonchev–Trinajstić information content (AvgIpc) is 2.82. The summed E-state index contributed by atoms with van der Waals surface area (Å²) in [5.74, 6) is 1.75. The summed E-state index contributed by atoms with van der Waals surface area (Å²) in [4.78, 5) is 0. The number of rotatable bonds is 2. The van der Waals surface area contributed by atoms with Gasteiger partial charge in [-0.15, -0.1) is 0 Å². The van der Waals surface area contributed by atoms with Crippen LogP contribution in [0.25, 0.3) is 0 Å². The largest absolute Gasteiger partial charge is 0.489 e. The van der Waals surface area contributed by atoms with Gasteiger partial charge >= 0.3 is 0 Å². The van der Waals surface area contributed by atoms with Gasteiger partial charge in [-0.1, -0.05) is 11.6 Å². The zero-order valence-electron chi connectivity index (χ0n) is 9.46. The Morgan fingerprint density at radius 3 is 2.59 bits per heavy atom. The lowest BCUT2D eigenvalue weighted by atomic mass is 10.0. The van der Waals surface area contributed by atoms with Crippen LogP contribution < -0.4 is 10.1 Å². The first-order valence-corrected chi connectivity index (χ1v) is 6.42. The summed E-state index contributed by atoms with van der Waals surface area (Å²) in [6.07, 6.45) is 2.38. The molecule has 2 fully saturated rings. The highest BCUT2D eigenvalue weighted by Gasteiger charge is 2.38. The van der Waals surface area contributed by atoms with E-state index in [-0.39, 0.29) is 11.9 Å². The lowest BCUT2D eigenvalue weighted by Gasteiger charge is -2.15. The van der Waals surface area contributed by atoms with Gasteiger partial charge in [-0.2, -0.15) is 0 Å². The molecule has 4 heteroatoms. The van der Waals surface area contributed by atoms with Crippen LogP contribution in [0, 0.1) is 17.7 Å². The monoisotopic (exact) mass is 255 g/mol. The van der Waals surface area contributed by atoms with E-state index in [1.165, 1.54) is 12.1 Å². The fourth-order valence-electron chi connectivity index (χ4n) is 2.96. The van der Waals surface area contributed by atoms with Gasteiger partial charge < -0.3 is 10.1 Å². The molecule has 1 aliphatic carbocycles. The Morgan fingerprint density at radius 2 is 1.94 bits per heavy atom. The minimum atomic E-state index is -0.324. The predicted octanol–water partition coefficient (Wildman–Crippen LogP) is 2.86. The molecule has 1 aromatic carbocycles. The molecular weight excluding hydrogens is 241 g/mol. The number of fused-ring (bicyclic) bond motifs is 1. The fraction of sp³-hybridized carbons (Fsp3) is 0.538. The van der Waals surface area contributed by atoms with Crippen molar-refractivity contribution in [1.29, 1.82) is 0 Å². The van der Waals surface area contributed by atoms with E-state index in [0.29, 0.717) is 10.8 Å². The topological polar surface area (TPSA) is 21.3 Å². The van der Waals surface area contributed by atoms with Crippen molar-refractivity contribution in [3.05, 3.63) is 29.0 Å². The lowest BCUT2D eigenvalue weighted by molar-refractivity contribution is 0.199. The third-order valence-electron chi connectivity index (χ3n) is 3.80. The summed E-state index contributed by atoms with van der Waals surface area (Å²) < 4.78 is 18.8. The van der Waals surface area contributed by atoms with Gasteiger partial charge in [-0.05, 0) is 56.0 Å². The molecule has 3 atom stereocenters. The Morgan fingerprint density at radius 1 is 1.24 bits per heavy atom. The molecule has 1 heterocycles. The highest BCUT2D eigenvalue weighted by atomic mass is 35.5. The second-order valence-corrected chi connectivity index (χ2v) is 5.37. The molecule has 1 unspecified atom stereocenters. The minimum absolute atomic E-state index is 0.232. The van der Waals surface area contributed by atoms with Crippen LogP contribution in [0.1, 0.15) is 12.8 Å². The van der Waals surface area contributed by atoms with Gasteiger partial charge in [0.15, 0.2) is 0 Å².